The van der Waals surface area contributed by atoms with Crippen LogP contribution in [-0.2, 0) is 10.3 Å². The molecule has 1 atom stereocenters. The summed E-state index contributed by atoms with van der Waals surface area (Å²) < 4.78 is 29.6. The summed E-state index contributed by atoms with van der Waals surface area (Å²) in [5.41, 5.74) is 0.895. The summed E-state index contributed by atoms with van der Waals surface area (Å²) >= 11 is 0. The molecule has 0 aliphatic heterocycles. The summed E-state index contributed by atoms with van der Waals surface area (Å²) in [6.45, 7) is -0.0821. The molecule has 0 N–H and O–H groups in total. The lowest BCUT2D eigenvalue weighted by Gasteiger charge is -2.10. The van der Waals surface area contributed by atoms with Gasteiger partial charge in [-0.15, -0.1) is 16.7 Å². The lowest BCUT2D eigenvalue weighted by molar-refractivity contribution is 0.523. The first-order chi connectivity index (χ1) is 7.99. The van der Waals surface area contributed by atoms with Crippen molar-refractivity contribution < 1.29 is 8.09 Å². The first-order valence-corrected chi connectivity index (χ1v) is 6.05. The van der Waals surface area contributed by atoms with Crippen LogP contribution >= 0.6 is 0 Å². The number of nitrogens with zero attached hydrogens (tertiary/aromatic N) is 2. The Labute approximate surface area is 101 Å². The van der Waals surface area contributed by atoms with Gasteiger partial charge in [-0.25, -0.2) is 0 Å². The summed E-state index contributed by atoms with van der Waals surface area (Å²) in [5, 5.41) is 0. The zero-order valence-corrected chi connectivity index (χ0v) is 10.1. The Kier molecular flexibility index (Phi) is 4.28. The molecule has 0 saturated carbocycles. The minimum atomic E-state index is -3.98. The fourth-order valence-corrected chi connectivity index (χ4v) is 1.78. The van der Waals surface area contributed by atoms with E-state index in [1.54, 1.807) is 12.1 Å². The summed E-state index contributed by atoms with van der Waals surface area (Å²) in [4.78, 5) is 0. The minimum absolute atomic E-state index is 0.0821. The fraction of sp³-hybridized carbons (Fsp3) is 0.167. The smallest absolute Gasteiger partial charge is 0.199 e. The molecular weight excluding hydrogens is 239 g/mol. The number of hydrogen-bond donors (Lipinski definition) is 0. The van der Waals surface area contributed by atoms with Gasteiger partial charge in [-0.05, 0) is 24.3 Å². The van der Waals surface area contributed by atoms with Crippen LogP contribution in [0.4, 0.5) is 9.57 Å². The van der Waals surface area contributed by atoms with Crippen LogP contribution < -0.4 is 0 Å². The highest BCUT2D eigenvalue weighted by molar-refractivity contribution is 7.86. The molecule has 0 heterocycles. The third kappa shape index (κ3) is 3.60. The summed E-state index contributed by atoms with van der Waals surface area (Å²) in [6, 6.07) is 6.18. The largest absolute Gasteiger partial charge is 0.276 e. The second-order valence-corrected chi connectivity index (χ2v) is 4.87. The third-order valence-corrected chi connectivity index (χ3v) is 3.28. The number of terminal acetylenes is 2. The maximum atomic E-state index is 13.7. The van der Waals surface area contributed by atoms with Crippen molar-refractivity contribution in [1.29, 1.82) is 0 Å². The van der Waals surface area contributed by atoms with Crippen LogP contribution in [0.25, 0.3) is 0 Å². The Morgan fingerprint density at radius 1 is 1.41 bits per heavy atom. The molecule has 1 rings (SSSR count). The molecule has 17 heavy (non-hydrogen) atoms. The minimum Gasteiger partial charge on any atom is -0.199 e. The third-order valence-electron chi connectivity index (χ3n) is 1.95. The predicted molar refractivity (Wildman–Crippen MR) is 67.2 cm³/mol. The molecule has 0 spiro atoms. The second-order valence-electron chi connectivity index (χ2n) is 3.20. The molecule has 0 fully saturated rings. The van der Waals surface area contributed by atoms with Crippen LogP contribution in [0.2, 0.25) is 0 Å². The zero-order valence-electron chi connectivity index (χ0n) is 9.26. The molecule has 1 aromatic rings. The first-order valence-electron chi connectivity index (χ1n) is 4.68. The molecular formula is C12H11FN2OS. The molecule has 0 bridgehead atoms. The summed E-state index contributed by atoms with van der Waals surface area (Å²) in [5.74, 6) is 4.61. The van der Waals surface area contributed by atoms with Crippen LogP contribution in [0.1, 0.15) is 5.56 Å². The van der Waals surface area contributed by atoms with Gasteiger partial charge in [-0.3, -0.25) is 0 Å². The van der Waals surface area contributed by atoms with Crippen LogP contribution in [0.5, 0.6) is 0 Å². The predicted octanol–water partition coefficient (Wildman–Crippen LogP) is 2.13. The molecule has 0 saturated heterocycles. The van der Waals surface area contributed by atoms with Crippen molar-refractivity contribution in [2.45, 2.75) is 0 Å². The number of rotatable bonds is 3. The monoisotopic (exact) mass is 250 g/mol. The molecule has 88 valence electrons. The second kappa shape index (κ2) is 5.49. The molecule has 1 unspecified atom stereocenters. The maximum absolute atomic E-state index is 13.7. The topological polar surface area (TPSA) is 32.7 Å². The highest BCUT2D eigenvalue weighted by Crippen LogP contribution is 2.17. The van der Waals surface area contributed by atoms with E-state index in [2.05, 4.69) is 16.2 Å². The normalized spacial score (nSPS) is 13.5. The average Bonchev–Trinajstić information content (AvgIpc) is 2.30. The molecule has 0 radical (unpaired) electrons. The van der Waals surface area contributed by atoms with Crippen molar-refractivity contribution in [3.05, 3.63) is 29.8 Å². The fourth-order valence-electron chi connectivity index (χ4n) is 1.03. The van der Waals surface area contributed by atoms with Gasteiger partial charge in [0.05, 0.1) is 12.2 Å². The van der Waals surface area contributed by atoms with Gasteiger partial charge >= 0.3 is 0 Å². The van der Waals surface area contributed by atoms with Gasteiger partial charge in [0.1, 0.15) is 0 Å². The Morgan fingerprint density at radius 2 is 2.00 bits per heavy atom. The molecule has 0 aliphatic rings. The SMILES string of the molecule is C#CCN(C)S(=O)(F)=Nc1ccc(C#C)cc1. The van der Waals surface area contributed by atoms with E-state index < -0.39 is 10.3 Å². The maximum Gasteiger partial charge on any atom is 0.276 e. The van der Waals surface area contributed by atoms with Crippen molar-refractivity contribution in [3.63, 3.8) is 0 Å². The standard InChI is InChI=1S/C12H11FN2OS/c1-4-10-15(3)17(13,16)14-12-8-6-11(5-2)7-9-12/h1-2,6-9H,10H2,3H3. The molecule has 5 heteroatoms. The number of benzene rings is 1. The van der Waals surface area contributed by atoms with Crippen molar-refractivity contribution in [2.75, 3.05) is 13.6 Å². The van der Waals surface area contributed by atoms with E-state index in [0.717, 1.165) is 4.31 Å². The van der Waals surface area contributed by atoms with Gasteiger partial charge in [-0.1, -0.05) is 11.8 Å². The van der Waals surface area contributed by atoms with Gasteiger partial charge in [-0.2, -0.15) is 12.9 Å². The molecule has 0 amide bonds. The average molecular weight is 250 g/mol. The van der Waals surface area contributed by atoms with Gasteiger partial charge in [0.2, 0.25) is 0 Å². The molecule has 0 aliphatic carbocycles. The van der Waals surface area contributed by atoms with E-state index >= 15 is 0 Å². The summed E-state index contributed by atoms with van der Waals surface area (Å²) in [6.07, 6.45) is 10.2. The van der Waals surface area contributed by atoms with E-state index in [-0.39, 0.29) is 12.2 Å². The van der Waals surface area contributed by atoms with Gasteiger partial charge in [0.15, 0.2) is 0 Å². The van der Waals surface area contributed by atoms with Crippen molar-refractivity contribution in [2.24, 2.45) is 4.36 Å². The lowest BCUT2D eigenvalue weighted by Crippen LogP contribution is -2.22. The van der Waals surface area contributed by atoms with Gasteiger partial charge in [0, 0.05) is 12.6 Å². The first kappa shape index (κ1) is 13.2. The van der Waals surface area contributed by atoms with Crippen LogP contribution in [0.15, 0.2) is 28.6 Å². The molecule has 0 aromatic heterocycles. The summed E-state index contributed by atoms with van der Waals surface area (Å²) in [7, 11) is -2.67. The van der Waals surface area contributed by atoms with Crippen molar-refractivity contribution in [3.8, 4) is 24.7 Å². The Bertz CT molecular complexity index is 586. The quantitative estimate of drug-likeness (QED) is 0.597. The van der Waals surface area contributed by atoms with Crippen molar-refractivity contribution >= 4 is 16.0 Å². The Morgan fingerprint density at radius 3 is 2.47 bits per heavy atom. The van der Waals surface area contributed by atoms with E-state index in [9.17, 15) is 8.09 Å². The van der Waals surface area contributed by atoms with Gasteiger partial charge in [0.25, 0.3) is 10.3 Å². The van der Waals surface area contributed by atoms with Crippen LogP contribution in [-0.4, -0.2) is 22.1 Å². The zero-order chi connectivity index (χ0) is 12.9. The highest BCUT2D eigenvalue weighted by atomic mass is 32.3. The van der Waals surface area contributed by atoms with Crippen LogP contribution in [0.3, 0.4) is 0 Å². The molecule has 1 aromatic carbocycles. The highest BCUT2D eigenvalue weighted by Gasteiger charge is 2.13. The lowest BCUT2D eigenvalue weighted by atomic mass is 10.2. The van der Waals surface area contributed by atoms with Gasteiger partial charge < -0.3 is 0 Å². The van der Waals surface area contributed by atoms with E-state index in [4.69, 9.17) is 12.8 Å². The Hall–Kier alpha value is -1.82. The van der Waals surface area contributed by atoms with E-state index in [1.165, 1.54) is 19.2 Å². The van der Waals surface area contributed by atoms with Crippen molar-refractivity contribution in [1.82, 2.24) is 4.31 Å². The molecule has 3 nitrogen and oxygen atoms in total. The van der Waals surface area contributed by atoms with E-state index in [1.807, 2.05) is 0 Å². The van der Waals surface area contributed by atoms with Crippen LogP contribution in [0, 0.1) is 24.7 Å². The van der Waals surface area contributed by atoms with E-state index in [0.29, 0.717) is 5.56 Å². The number of halogens is 1. The number of hydrogen-bond acceptors (Lipinski definition) is 2. The Balaban J connectivity index is 3.06.